The van der Waals surface area contributed by atoms with E-state index >= 15 is 0 Å². The van der Waals surface area contributed by atoms with Crippen LogP contribution in [0.5, 0.6) is 0 Å². The number of aryl methyl sites for hydroxylation is 1. The van der Waals surface area contributed by atoms with Gasteiger partial charge in [-0.15, -0.1) is 0 Å². The Bertz CT molecular complexity index is 890. The molecule has 0 fully saturated rings. The van der Waals surface area contributed by atoms with Crippen molar-refractivity contribution < 1.29 is 0 Å². The van der Waals surface area contributed by atoms with Crippen LogP contribution in [0.4, 0.5) is 0 Å². The SMILES string of the molecule is Cn1c2ccncc2c2cc3cnccc3cc21. The first-order chi connectivity index (χ1) is 8.84. The van der Waals surface area contributed by atoms with Gasteiger partial charge in [-0.1, -0.05) is 0 Å². The van der Waals surface area contributed by atoms with Gasteiger partial charge >= 0.3 is 0 Å². The van der Waals surface area contributed by atoms with E-state index in [0.29, 0.717) is 0 Å². The Balaban J connectivity index is 2.32. The van der Waals surface area contributed by atoms with Crippen molar-refractivity contribution >= 4 is 32.6 Å². The van der Waals surface area contributed by atoms with Crippen LogP contribution in [0.3, 0.4) is 0 Å². The summed E-state index contributed by atoms with van der Waals surface area (Å²) < 4.78 is 2.21. The molecule has 0 radical (unpaired) electrons. The molecular formula is C15H11N3. The Morgan fingerprint density at radius 3 is 2.61 bits per heavy atom. The van der Waals surface area contributed by atoms with Crippen molar-refractivity contribution in [2.24, 2.45) is 7.05 Å². The summed E-state index contributed by atoms with van der Waals surface area (Å²) in [6.07, 6.45) is 7.50. The second kappa shape index (κ2) is 3.29. The van der Waals surface area contributed by atoms with Crippen LogP contribution in [0.15, 0.2) is 49.1 Å². The fourth-order valence-electron chi connectivity index (χ4n) is 2.63. The highest BCUT2D eigenvalue weighted by molar-refractivity contribution is 6.12. The minimum absolute atomic E-state index is 1.17. The molecule has 3 heteroatoms. The Morgan fingerprint density at radius 2 is 1.67 bits per heavy atom. The summed E-state index contributed by atoms with van der Waals surface area (Å²) in [5.41, 5.74) is 2.44. The van der Waals surface area contributed by atoms with Crippen LogP contribution in [0.25, 0.3) is 32.6 Å². The van der Waals surface area contributed by atoms with Gasteiger partial charge in [-0.3, -0.25) is 9.97 Å². The van der Waals surface area contributed by atoms with Crippen LogP contribution in [0.2, 0.25) is 0 Å². The number of aromatic nitrogens is 3. The molecule has 3 aromatic heterocycles. The average molecular weight is 233 g/mol. The molecule has 0 N–H and O–H groups in total. The first-order valence-corrected chi connectivity index (χ1v) is 5.90. The van der Waals surface area contributed by atoms with Gasteiger partial charge in [-0.25, -0.2) is 0 Å². The average Bonchev–Trinajstić information content (AvgIpc) is 2.71. The Kier molecular flexibility index (Phi) is 1.75. The van der Waals surface area contributed by atoms with Gasteiger partial charge < -0.3 is 4.57 Å². The molecule has 0 atom stereocenters. The molecule has 1 aromatic carbocycles. The second-order valence-corrected chi connectivity index (χ2v) is 4.54. The lowest BCUT2D eigenvalue weighted by molar-refractivity contribution is 1.01. The zero-order valence-corrected chi connectivity index (χ0v) is 9.96. The van der Waals surface area contributed by atoms with Crippen molar-refractivity contribution in [2.45, 2.75) is 0 Å². The number of nitrogens with zero attached hydrogens (tertiary/aromatic N) is 3. The minimum Gasteiger partial charge on any atom is -0.343 e. The van der Waals surface area contributed by atoms with E-state index in [2.05, 4.69) is 39.8 Å². The summed E-state index contributed by atoms with van der Waals surface area (Å²) in [6.45, 7) is 0. The fraction of sp³-hybridized carbons (Fsp3) is 0.0667. The lowest BCUT2D eigenvalue weighted by atomic mass is 10.1. The third-order valence-electron chi connectivity index (χ3n) is 3.57. The molecule has 0 aliphatic carbocycles. The smallest absolute Gasteiger partial charge is 0.0519 e. The van der Waals surface area contributed by atoms with Crippen molar-refractivity contribution in [2.75, 3.05) is 0 Å². The van der Waals surface area contributed by atoms with E-state index in [-0.39, 0.29) is 0 Å². The summed E-state index contributed by atoms with van der Waals surface area (Å²) in [5, 5.41) is 4.82. The Labute approximate surface area is 104 Å². The molecule has 0 aliphatic heterocycles. The molecule has 4 aromatic rings. The third kappa shape index (κ3) is 1.13. The number of rotatable bonds is 0. The van der Waals surface area contributed by atoms with E-state index in [1.165, 1.54) is 32.6 Å². The molecular weight excluding hydrogens is 222 g/mol. The first-order valence-electron chi connectivity index (χ1n) is 5.90. The molecule has 0 saturated carbocycles. The van der Waals surface area contributed by atoms with Gasteiger partial charge in [-0.2, -0.15) is 0 Å². The molecule has 0 saturated heterocycles. The van der Waals surface area contributed by atoms with Crippen molar-refractivity contribution in [3.63, 3.8) is 0 Å². The van der Waals surface area contributed by atoms with Gasteiger partial charge in [0.2, 0.25) is 0 Å². The highest BCUT2D eigenvalue weighted by Gasteiger charge is 2.08. The van der Waals surface area contributed by atoms with Crippen LogP contribution in [0.1, 0.15) is 0 Å². The lowest BCUT2D eigenvalue weighted by Crippen LogP contribution is -1.86. The number of fused-ring (bicyclic) bond motifs is 4. The van der Waals surface area contributed by atoms with E-state index in [0.717, 1.165) is 0 Å². The molecule has 0 unspecified atom stereocenters. The normalized spacial score (nSPS) is 11.6. The topological polar surface area (TPSA) is 30.7 Å². The molecule has 3 nitrogen and oxygen atoms in total. The number of hydrogen-bond donors (Lipinski definition) is 0. The molecule has 86 valence electrons. The van der Waals surface area contributed by atoms with E-state index in [1.807, 2.05) is 30.9 Å². The van der Waals surface area contributed by atoms with Gasteiger partial charge in [0.25, 0.3) is 0 Å². The number of pyridine rings is 2. The second-order valence-electron chi connectivity index (χ2n) is 4.54. The summed E-state index contributed by atoms with van der Waals surface area (Å²) in [7, 11) is 2.09. The molecule has 0 amide bonds. The third-order valence-corrected chi connectivity index (χ3v) is 3.57. The van der Waals surface area contributed by atoms with E-state index in [4.69, 9.17) is 0 Å². The van der Waals surface area contributed by atoms with Crippen molar-refractivity contribution in [1.29, 1.82) is 0 Å². The highest BCUT2D eigenvalue weighted by Crippen LogP contribution is 2.30. The summed E-state index contributed by atoms with van der Waals surface area (Å²) >= 11 is 0. The van der Waals surface area contributed by atoms with Gasteiger partial charge in [-0.05, 0) is 29.7 Å². The highest BCUT2D eigenvalue weighted by atomic mass is 14.9. The van der Waals surface area contributed by atoms with Gasteiger partial charge in [0.15, 0.2) is 0 Å². The van der Waals surface area contributed by atoms with Gasteiger partial charge in [0, 0.05) is 53.5 Å². The van der Waals surface area contributed by atoms with Crippen LogP contribution < -0.4 is 0 Å². The maximum Gasteiger partial charge on any atom is 0.0519 e. The standard InChI is InChI=1S/C15H11N3/c1-18-14-3-5-17-9-13(14)12-6-11-8-16-4-2-10(11)7-15(12)18/h2-9H,1H3. The van der Waals surface area contributed by atoms with Crippen molar-refractivity contribution in [1.82, 2.24) is 14.5 Å². The number of benzene rings is 1. The van der Waals surface area contributed by atoms with Gasteiger partial charge in [0.1, 0.15) is 0 Å². The predicted octanol–water partition coefficient (Wildman–Crippen LogP) is 3.27. The monoisotopic (exact) mass is 233 g/mol. The summed E-state index contributed by atoms with van der Waals surface area (Å²) in [5.74, 6) is 0. The molecule has 0 aliphatic rings. The van der Waals surface area contributed by atoms with Crippen LogP contribution >= 0.6 is 0 Å². The molecule has 3 heterocycles. The van der Waals surface area contributed by atoms with Gasteiger partial charge in [0.05, 0.1) is 5.52 Å². The zero-order chi connectivity index (χ0) is 12.1. The molecule has 0 bridgehead atoms. The van der Waals surface area contributed by atoms with Crippen LogP contribution in [-0.4, -0.2) is 14.5 Å². The summed E-state index contributed by atoms with van der Waals surface area (Å²) in [4.78, 5) is 8.41. The number of hydrogen-bond acceptors (Lipinski definition) is 2. The van der Waals surface area contributed by atoms with E-state index in [1.54, 1.807) is 0 Å². The van der Waals surface area contributed by atoms with Crippen LogP contribution in [-0.2, 0) is 7.05 Å². The Hall–Kier alpha value is -2.42. The zero-order valence-electron chi connectivity index (χ0n) is 9.96. The van der Waals surface area contributed by atoms with Crippen molar-refractivity contribution in [3.8, 4) is 0 Å². The first kappa shape index (κ1) is 9.59. The lowest BCUT2D eigenvalue weighted by Gasteiger charge is -2.00. The van der Waals surface area contributed by atoms with Crippen molar-refractivity contribution in [3.05, 3.63) is 49.1 Å². The molecule has 4 rings (SSSR count). The van der Waals surface area contributed by atoms with Crippen LogP contribution in [0, 0.1) is 0 Å². The quantitative estimate of drug-likeness (QED) is 0.466. The fourth-order valence-corrected chi connectivity index (χ4v) is 2.63. The van der Waals surface area contributed by atoms with E-state index < -0.39 is 0 Å². The maximum atomic E-state index is 4.23. The molecule has 0 spiro atoms. The minimum atomic E-state index is 1.17. The Morgan fingerprint density at radius 1 is 0.833 bits per heavy atom. The summed E-state index contributed by atoms with van der Waals surface area (Å²) in [6, 6.07) is 8.51. The maximum absolute atomic E-state index is 4.23. The van der Waals surface area contributed by atoms with E-state index in [9.17, 15) is 0 Å². The molecule has 18 heavy (non-hydrogen) atoms. The largest absolute Gasteiger partial charge is 0.343 e. The predicted molar refractivity (Wildman–Crippen MR) is 73.5 cm³/mol.